The van der Waals surface area contributed by atoms with E-state index in [9.17, 15) is 9.90 Å². The largest absolute Gasteiger partial charge is 0.396 e. The summed E-state index contributed by atoms with van der Waals surface area (Å²) in [6, 6.07) is 0. The molecule has 0 radical (unpaired) electrons. The Morgan fingerprint density at radius 2 is 2.21 bits per heavy atom. The molecule has 0 aromatic carbocycles. The zero-order chi connectivity index (χ0) is 14.3. The van der Waals surface area contributed by atoms with Crippen LogP contribution in [0.1, 0.15) is 39.5 Å². The van der Waals surface area contributed by atoms with Crippen molar-refractivity contribution in [1.82, 2.24) is 4.90 Å². The molecule has 0 aromatic rings. The summed E-state index contributed by atoms with van der Waals surface area (Å²) >= 11 is 1.71. The molecule has 1 aliphatic heterocycles. The first-order chi connectivity index (χ1) is 9.03. The second-order valence-corrected chi connectivity index (χ2v) is 6.79. The summed E-state index contributed by atoms with van der Waals surface area (Å²) in [6.07, 6.45) is 7.72. The first-order valence-electron chi connectivity index (χ1n) is 7.04. The van der Waals surface area contributed by atoms with Crippen molar-refractivity contribution in [1.29, 1.82) is 0 Å². The van der Waals surface area contributed by atoms with Gasteiger partial charge in [0, 0.05) is 30.7 Å². The Bertz CT molecular complexity index is 326. The van der Waals surface area contributed by atoms with E-state index in [1.807, 2.05) is 11.2 Å². The van der Waals surface area contributed by atoms with E-state index >= 15 is 0 Å². The SMILES string of the molecule is CSCCC(=O)N1CCC[C@](CO)(CC=C(C)C)C1. The number of likely N-dealkylation sites (tertiary alicyclic amines) is 1. The number of nitrogens with zero attached hydrogens (tertiary/aromatic N) is 1. The van der Waals surface area contributed by atoms with Gasteiger partial charge in [-0.05, 0) is 39.4 Å². The molecular weight excluding hydrogens is 258 g/mol. The van der Waals surface area contributed by atoms with Gasteiger partial charge in [-0.3, -0.25) is 4.79 Å². The lowest BCUT2D eigenvalue weighted by atomic mass is 9.77. The Morgan fingerprint density at radius 3 is 2.79 bits per heavy atom. The van der Waals surface area contributed by atoms with Gasteiger partial charge in [-0.2, -0.15) is 11.8 Å². The number of carbonyl (C=O) groups excluding carboxylic acids is 1. The number of rotatable bonds is 6. The first kappa shape index (κ1) is 16.6. The van der Waals surface area contributed by atoms with Crippen molar-refractivity contribution in [2.45, 2.75) is 39.5 Å². The van der Waals surface area contributed by atoms with Crippen LogP contribution in [0.5, 0.6) is 0 Å². The van der Waals surface area contributed by atoms with Crippen molar-refractivity contribution >= 4 is 17.7 Å². The van der Waals surface area contributed by atoms with Crippen LogP contribution in [0.25, 0.3) is 0 Å². The minimum atomic E-state index is -0.120. The quantitative estimate of drug-likeness (QED) is 0.763. The number of aliphatic hydroxyl groups excluding tert-OH is 1. The van der Waals surface area contributed by atoms with E-state index in [-0.39, 0.29) is 17.9 Å². The molecule has 0 spiro atoms. The summed E-state index contributed by atoms with van der Waals surface area (Å²) in [5.74, 6) is 1.12. The number of allylic oxidation sites excluding steroid dienone is 2. The maximum Gasteiger partial charge on any atom is 0.223 e. The average molecular weight is 285 g/mol. The lowest BCUT2D eigenvalue weighted by Gasteiger charge is -2.41. The number of hydrogen-bond donors (Lipinski definition) is 1. The molecule has 1 atom stereocenters. The summed E-state index contributed by atoms with van der Waals surface area (Å²) < 4.78 is 0. The van der Waals surface area contributed by atoms with E-state index in [0.717, 1.165) is 31.6 Å². The second-order valence-electron chi connectivity index (χ2n) is 5.81. The van der Waals surface area contributed by atoms with Crippen LogP contribution in [0.2, 0.25) is 0 Å². The summed E-state index contributed by atoms with van der Waals surface area (Å²) in [4.78, 5) is 14.1. The Labute approximate surface area is 121 Å². The number of thioether (sulfide) groups is 1. The number of aliphatic hydroxyl groups is 1. The fourth-order valence-electron chi connectivity index (χ4n) is 2.55. The maximum absolute atomic E-state index is 12.1. The van der Waals surface area contributed by atoms with Crippen LogP contribution in [-0.2, 0) is 4.79 Å². The van der Waals surface area contributed by atoms with Crippen molar-refractivity contribution < 1.29 is 9.90 Å². The van der Waals surface area contributed by atoms with Gasteiger partial charge in [0.25, 0.3) is 0 Å². The average Bonchev–Trinajstić information content (AvgIpc) is 2.42. The van der Waals surface area contributed by atoms with Crippen molar-refractivity contribution in [2.75, 3.05) is 31.7 Å². The van der Waals surface area contributed by atoms with Crippen molar-refractivity contribution in [3.8, 4) is 0 Å². The molecule has 1 fully saturated rings. The minimum Gasteiger partial charge on any atom is -0.396 e. The van der Waals surface area contributed by atoms with Gasteiger partial charge in [0.2, 0.25) is 5.91 Å². The maximum atomic E-state index is 12.1. The van der Waals surface area contributed by atoms with Gasteiger partial charge in [-0.15, -0.1) is 0 Å². The molecule has 110 valence electrons. The molecule has 3 nitrogen and oxygen atoms in total. The Morgan fingerprint density at radius 1 is 1.47 bits per heavy atom. The van der Waals surface area contributed by atoms with Gasteiger partial charge in [0.15, 0.2) is 0 Å². The highest BCUT2D eigenvalue weighted by molar-refractivity contribution is 7.98. The summed E-state index contributed by atoms with van der Waals surface area (Å²) in [5, 5.41) is 9.76. The molecule has 1 rings (SSSR count). The van der Waals surface area contributed by atoms with Crippen LogP contribution in [-0.4, -0.2) is 47.6 Å². The smallest absolute Gasteiger partial charge is 0.223 e. The molecule has 19 heavy (non-hydrogen) atoms. The lowest BCUT2D eigenvalue weighted by Crippen LogP contribution is -2.47. The van der Waals surface area contributed by atoms with E-state index in [2.05, 4.69) is 19.9 Å². The van der Waals surface area contributed by atoms with E-state index in [1.54, 1.807) is 11.8 Å². The molecule has 4 heteroatoms. The van der Waals surface area contributed by atoms with E-state index in [0.29, 0.717) is 13.0 Å². The molecule has 1 heterocycles. The molecule has 0 bridgehead atoms. The van der Waals surface area contributed by atoms with Crippen LogP contribution in [0.4, 0.5) is 0 Å². The van der Waals surface area contributed by atoms with Gasteiger partial charge in [0.05, 0.1) is 6.61 Å². The van der Waals surface area contributed by atoms with Gasteiger partial charge in [-0.25, -0.2) is 0 Å². The van der Waals surface area contributed by atoms with E-state index in [1.165, 1.54) is 5.57 Å². The number of hydrogen-bond acceptors (Lipinski definition) is 3. The molecule has 1 amide bonds. The van der Waals surface area contributed by atoms with Crippen molar-refractivity contribution in [3.05, 3.63) is 11.6 Å². The third-order valence-electron chi connectivity index (χ3n) is 3.81. The monoisotopic (exact) mass is 285 g/mol. The third kappa shape index (κ3) is 5.19. The predicted octanol–water partition coefficient (Wildman–Crippen LogP) is 2.70. The highest BCUT2D eigenvalue weighted by atomic mass is 32.2. The topological polar surface area (TPSA) is 40.5 Å². The molecule has 1 saturated heterocycles. The summed E-state index contributed by atoms with van der Waals surface area (Å²) in [5.41, 5.74) is 1.16. The molecule has 0 aliphatic carbocycles. The van der Waals surface area contributed by atoms with Gasteiger partial charge in [-0.1, -0.05) is 11.6 Å². The molecule has 0 aromatic heterocycles. The lowest BCUT2D eigenvalue weighted by molar-refractivity contribution is -0.135. The zero-order valence-corrected chi connectivity index (χ0v) is 13.3. The number of carbonyl (C=O) groups is 1. The van der Waals surface area contributed by atoms with Crippen LogP contribution < -0.4 is 0 Å². The molecule has 0 unspecified atom stereocenters. The third-order valence-corrected chi connectivity index (χ3v) is 4.43. The zero-order valence-electron chi connectivity index (χ0n) is 12.4. The predicted molar refractivity (Wildman–Crippen MR) is 82.4 cm³/mol. The summed E-state index contributed by atoms with van der Waals surface area (Å²) in [7, 11) is 0. The van der Waals surface area contributed by atoms with Gasteiger partial charge < -0.3 is 10.0 Å². The molecule has 0 saturated carbocycles. The molecule has 1 aliphatic rings. The highest BCUT2D eigenvalue weighted by Crippen LogP contribution is 2.34. The van der Waals surface area contributed by atoms with Crippen LogP contribution in [0.15, 0.2) is 11.6 Å². The first-order valence-corrected chi connectivity index (χ1v) is 8.43. The second kappa shape index (κ2) is 7.95. The normalized spacial score (nSPS) is 23.3. The van der Waals surface area contributed by atoms with E-state index < -0.39 is 0 Å². The standard InChI is InChI=1S/C15H27NO2S/c1-13(2)5-8-15(12-17)7-4-9-16(11-15)14(18)6-10-19-3/h5,17H,4,6-12H2,1-3H3/t15-/m0/s1. The molecule has 1 N–H and O–H groups in total. The van der Waals surface area contributed by atoms with Crippen LogP contribution >= 0.6 is 11.8 Å². The van der Waals surface area contributed by atoms with E-state index in [4.69, 9.17) is 0 Å². The number of amides is 1. The fraction of sp³-hybridized carbons (Fsp3) is 0.800. The number of piperidine rings is 1. The van der Waals surface area contributed by atoms with Crippen LogP contribution in [0, 0.1) is 5.41 Å². The van der Waals surface area contributed by atoms with Gasteiger partial charge in [0.1, 0.15) is 0 Å². The van der Waals surface area contributed by atoms with Crippen molar-refractivity contribution in [2.24, 2.45) is 5.41 Å². The highest BCUT2D eigenvalue weighted by Gasteiger charge is 2.35. The Hall–Kier alpha value is -0.480. The fourth-order valence-corrected chi connectivity index (χ4v) is 2.93. The van der Waals surface area contributed by atoms with Crippen molar-refractivity contribution in [3.63, 3.8) is 0 Å². The molecular formula is C15H27NO2S. The Kier molecular flexibility index (Phi) is 6.94. The summed E-state index contributed by atoms with van der Waals surface area (Å²) in [6.45, 7) is 5.89. The van der Waals surface area contributed by atoms with Crippen LogP contribution in [0.3, 0.4) is 0 Å². The van der Waals surface area contributed by atoms with Gasteiger partial charge >= 0.3 is 0 Å². The Balaban J connectivity index is 2.64. The minimum absolute atomic E-state index is 0.120.